The minimum Gasteiger partial charge on any atom is -0.366 e. The first kappa shape index (κ1) is 8.76. The molecule has 0 saturated carbocycles. The SMILES string of the molecule is C=C1COC2(C=CCCC2)CC1=C. The predicted octanol–water partition coefficient (Wildman–Crippen LogP) is 3.00. The first-order chi connectivity index (χ1) is 6.22. The molecule has 1 aliphatic heterocycles. The molecule has 2 rings (SSSR count). The van der Waals surface area contributed by atoms with E-state index >= 15 is 0 Å². The molecular weight excluding hydrogens is 160 g/mol. The molecule has 0 amide bonds. The highest BCUT2D eigenvalue weighted by Gasteiger charge is 2.34. The van der Waals surface area contributed by atoms with Crippen LogP contribution in [-0.2, 0) is 4.74 Å². The van der Waals surface area contributed by atoms with E-state index in [9.17, 15) is 0 Å². The molecule has 1 heterocycles. The lowest BCUT2D eigenvalue weighted by molar-refractivity contribution is -0.0168. The quantitative estimate of drug-likeness (QED) is 0.515. The van der Waals surface area contributed by atoms with Gasteiger partial charge in [-0.3, -0.25) is 0 Å². The average molecular weight is 176 g/mol. The van der Waals surface area contributed by atoms with Crippen LogP contribution >= 0.6 is 0 Å². The van der Waals surface area contributed by atoms with Crippen molar-refractivity contribution in [3.8, 4) is 0 Å². The molecule has 1 unspecified atom stereocenters. The molecular formula is C12H16O. The highest BCUT2D eigenvalue weighted by atomic mass is 16.5. The minimum absolute atomic E-state index is 0.0312. The lowest BCUT2D eigenvalue weighted by Gasteiger charge is -2.38. The molecule has 2 aliphatic rings. The molecule has 70 valence electrons. The Morgan fingerprint density at radius 3 is 2.77 bits per heavy atom. The highest BCUT2D eigenvalue weighted by Crippen LogP contribution is 2.37. The van der Waals surface area contributed by atoms with Crippen molar-refractivity contribution in [2.45, 2.75) is 31.3 Å². The van der Waals surface area contributed by atoms with Crippen molar-refractivity contribution in [1.29, 1.82) is 0 Å². The largest absolute Gasteiger partial charge is 0.366 e. The molecule has 1 spiro atoms. The topological polar surface area (TPSA) is 9.23 Å². The summed E-state index contributed by atoms with van der Waals surface area (Å²) in [5.74, 6) is 0. The fourth-order valence-corrected chi connectivity index (χ4v) is 2.04. The smallest absolute Gasteiger partial charge is 0.0907 e. The van der Waals surface area contributed by atoms with Crippen molar-refractivity contribution in [3.05, 3.63) is 36.5 Å². The van der Waals surface area contributed by atoms with E-state index in [-0.39, 0.29) is 5.60 Å². The molecule has 1 aliphatic carbocycles. The van der Waals surface area contributed by atoms with E-state index in [1.807, 2.05) is 0 Å². The Morgan fingerprint density at radius 2 is 2.15 bits per heavy atom. The van der Waals surface area contributed by atoms with Crippen LogP contribution in [0.1, 0.15) is 25.7 Å². The third kappa shape index (κ3) is 1.61. The van der Waals surface area contributed by atoms with Crippen LogP contribution in [0.25, 0.3) is 0 Å². The van der Waals surface area contributed by atoms with Crippen molar-refractivity contribution in [1.82, 2.24) is 0 Å². The van der Waals surface area contributed by atoms with Crippen molar-refractivity contribution in [3.63, 3.8) is 0 Å². The summed E-state index contributed by atoms with van der Waals surface area (Å²) in [5, 5.41) is 0. The fraction of sp³-hybridized carbons (Fsp3) is 0.500. The molecule has 1 nitrogen and oxygen atoms in total. The molecule has 1 saturated heterocycles. The summed E-state index contributed by atoms with van der Waals surface area (Å²) in [6.07, 6.45) is 8.94. The normalized spacial score (nSPS) is 34.2. The van der Waals surface area contributed by atoms with Gasteiger partial charge in [-0.1, -0.05) is 25.3 Å². The summed E-state index contributed by atoms with van der Waals surface area (Å²) in [6.45, 7) is 8.61. The summed E-state index contributed by atoms with van der Waals surface area (Å²) in [7, 11) is 0. The highest BCUT2D eigenvalue weighted by molar-refractivity contribution is 5.32. The van der Waals surface area contributed by atoms with E-state index in [1.54, 1.807) is 0 Å². The van der Waals surface area contributed by atoms with Crippen LogP contribution in [0.3, 0.4) is 0 Å². The Kier molecular flexibility index (Phi) is 2.12. The van der Waals surface area contributed by atoms with Crippen LogP contribution in [0.2, 0.25) is 0 Å². The maximum Gasteiger partial charge on any atom is 0.0907 e. The zero-order chi connectivity index (χ0) is 9.31. The molecule has 1 atom stereocenters. The Labute approximate surface area is 79.8 Å². The van der Waals surface area contributed by atoms with Gasteiger partial charge in [-0.2, -0.15) is 0 Å². The predicted molar refractivity (Wildman–Crippen MR) is 54.6 cm³/mol. The lowest BCUT2D eigenvalue weighted by Crippen LogP contribution is -2.36. The number of hydrogen-bond donors (Lipinski definition) is 0. The number of ether oxygens (including phenoxy) is 1. The van der Waals surface area contributed by atoms with E-state index in [1.165, 1.54) is 12.8 Å². The van der Waals surface area contributed by atoms with E-state index in [2.05, 4.69) is 25.3 Å². The summed E-state index contributed by atoms with van der Waals surface area (Å²) in [6, 6.07) is 0. The van der Waals surface area contributed by atoms with Crippen LogP contribution in [0, 0.1) is 0 Å². The molecule has 0 radical (unpaired) electrons. The first-order valence-corrected chi connectivity index (χ1v) is 4.89. The second kappa shape index (κ2) is 3.15. The van der Waals surface area contributed by atoms with Crippen LogP contribution in [0.4, 0.5) is 0 Å². The third-order valence-corrected chi connectivity index (χ3v) is 2.94. The molecule has 0 aromatic heterocycles. The van der Waals surface area contributed by atoms with Gasteiger partial charge in [-0.15, -0.1) is 0 Å². The second-order valence-corrected chi connectivity index (χ2v) is 4.03. The maximum absolute atomic E-state index is 5.84. The Morgan fingerprint density at radius 1 is 1.31 bits per heavy atom. The van der Waals surface area contributed by atoms with Gasteiger partial charge in [0.2, 0.25) is 0 Å². The van der Waals surface area contributed by atoms with Crippen LogP contribution in [0.5, 0.6) is 0 Å². The molecule has 0 bridgehead atoms. The van der Waals surface area contributed by atoms with Crippen molar-refractivity contribution < 1.29 is 4.74 Å². The minimum atomic E-state index is -0.0312. The standard InChI is InChI=1S/C12H16O/c1-10-8-12(13-9-11(10)2)6-4-3-5-7-12/h4,6H,1-3,5,7-9H2. The van der Waals surface area contributed by atoms with Gasteiger partial charge in [-0.25, -0.2) is 0 Å². The monoisotopic (exact) mass is 176 g/mol. The second-order valence-electron chi connectivity index (χ2n) is 4.03. The van der Waals surface area contributed by atoms with Gasteiger partial charge < -0.3 is 4.74 Å². The number of hydrogen-bond acceptors (Lipinski definition) is 1. The zero-order valence-electron chi connectivity index (χ0n) is 8.01. The lowest BCUT2D eigenvalue weighted by atomic mass is 9.82. The average Bonchev–Trinajstić information content (AvgIpc) is 2.14. The van der Waals surface area contributed by atoms with E-state index < -0.39 is 0 Å². The van der Waals surface area contributed by atoms with Gasteiger partial charge in [0.1, 0.15) is 0 Å². The Balaban J connectivity index is 2.16. The first-order valence-electron chi connectivity index (χ1n) is 4.89. The zero-order valence-corrected chi connectivity index (χ0v) is 8.01. The van der Waals surface area contributed by atoms with Crippen molar-refractivity contribution >= 4 is 0 Å². The van der Waals surface area contributed by atoms with Crippen molar-refractivity contribution in [2.24, 2.45) is 0 Å². The van der Waals surface area contributed by atoms with Crippen LogP contribution in [0.15, 0.2) is 36.5 Å². The molecule has 0 aromatic carbocycles. The summed E-state index contributed by atoms with van der Waals surface area (Å²) < 4.78 is 5.84. The van der Waals surface area contributed by atoms with Crippen molar-refractivity contribution in [2.75, 3.05) is 6.61 Å². The van der Waals surface area contributed by atoms with E-state index in [0.29, 0.717) is 6.61 Å². The Bertz CT molecular complexity index is 275. The summed E-state index contributed by atoms with van der Waals surface area (Å²) in [4.78, 5) is 0. The Hall–Kier alpha value is -0.820. The number of rotatable bonds is 0. The summed E-state index contributed by atoms with van der Waals surface area (Å²) in [5.41, 5.74) is 2.19. The fourth-order valence-electron chi connectivity index (χ4n) is 2.04. The van der Waals surface area contributed by atoms with E-state index in [0.717, 1.165) is 24.0 Å². The molecule has 1 fully saturated rings. The van der Waals surface area contributed by atoms with Gasteiger partial charge in [-0.05, 0) is 30.4 Å². The third-order valence-electron chi connectivity index (χ3n) is 2.94. The molecule has 0 N–H and O–H groups in total. The van der Waals surface area contributed by atoms with E-state index in [4.69, 9.17) is 4.74 Å². The molecule has 0 aromatic rings. The number of allylic oxidation sites excluding steroid dienone is 1. The van der Waals surface area contributed by atoms with Crippen LogP contribution < -0.4 is 0 Å². The van der Waals surface area contributed by atoms with Gasteiger partial charge in [0.05, 0.1) is 12.2 Å². The van der Waals surface area contributed by atoms with Gasteiger partial charge in [0.15, 0.2) is 0 Å². The van der Waals surface area contributed by atoms with Gasteiger partial charge in [0, 0.05) is 6.42 Å². The molecule has 1 heteroatoms. The van der Waals surface area contributed by atoms with Gasteiger partial charge >= 0.3 is 0 Å². The van der Waals surface area contributed by atoms with Crippen LogP contribution in [-0.4, -0.2) is 12.2 Å². The molecule has 13 heavy (non-hydrogen) atoms. The maximum atomic E-state index is 5.84. The van der Waals surface area contributed by atoms with Gasteiger partial charge in [0.25, 0.3) is 0 Å². The summed E-state index contributed by atoms with van der Waals surface area (Å²) >= 11 is 0.